The average Bonchev–Trinajstić information content (AvgIpc) is 2.19. The molecule has 0 aliphatic carbocycles. The fraction of sp³-hybridized carbons (Fsp3) is 0.364. The van der Waals surface area contributed by atoms with Gasteiger partial charge in [0.05, 0.1) is 17.5 Å². The molecular weight excluding hydrogens is 222 g/mol. The fourth-order valence-electron chi connectivity index (χ4n) is 1.54. The van der Waals surface area contributed by atoms with Gasteiger partial charge in [0.2, 0.25) is 0 Å². The Morgan fingerprint density at radius 3 is 2.94 bits per heavy atom. The number of anilines is 2. The molecule has 1 fully saturated rings. The summed E-state index contributed by atoms with van der Waals surface area (Å²) in [5.74, 6) is 0.365. The SMILES string of the molecule is NC(=O)Oc1ccc(N)c(NCC2CCO2)c1. The van der Waals surface area contributed by atoms with E-state index in [1.54, 1.807) is 18.2 Å². The van der Waals surface area contributed by atoms with Crippen molar-refractivity contribution >= 4 is 17.5 Å². The highest BCUT2D eigenvalue weighted by molar-refractivity contribution is 5.72. The Labute approximate surface area is 98.9 Å². The molecular formula is C11H15N3O3. The number of carbonyl (C=O) groups is 1. The molecule has 6 heteroatoms. The molecule has 1 saturated heterocycles. The number of nitrogen functional groups attached to an aromatic ring is 1. The lowest BCUT2D eigenvalue weighted by atomic mass is 10.2. The third kappa shape index (κ3) is 3.01. The number of carbonyl (C=O) groups excluding carboxylic acids is 1. The summed E-state index contributed by atoms with van der Waals surface area (Å²) in [5.41, 5.74) is 12.0. The lowest BCUT2D eigenvalue weighted by Gasteiger charge is -2.27. The molecule has 0 bridgehead atoms. The van der Waals surface area contributed by atoms with Crippen molar-refractivity contribution in [2.24, 2.45) is 5.73 Å². The van der Waals surface area contributed by atoms with Crippen LogP contribution in [0.2, 0.25) is 0 Å². The van der Waals surface area contributed by atoms with Gasteiger partial charge in [-0.1, -0.05) is 0 Å². The van der Waals surface area contributed by atoms with Gasteiger partial charge >= 0.3 is 6.09 Å². The van der Waals surface area contributed by atoms with Crippen LogP contribution < -0.4 is 21.5 Å². The van der Waals surface area contributed by atoms with Crippen molar-refractivity contribution in [3.63, 3.8) is 0 Å². The number of hydrogen-bond acceptors (Lipinski definition) is 5. The molecule has 2 rings (SSSR count). The predicted molar refractivity (Wildman–Crippen MR) is 63.9 cm³/mol. The molecule has 1 aliphatic rings. The average molecular weight is 237 g/mol. The molecule has 92 valence electrons. The van der Waals surface area contributed by atoms with E-state index in [-0.39, 0.29) is 6.10 Å². The van der Waals surface area contributed by atoms with E-state index >= 15 is 0 Å². The molecule has 1 aromatic carbocycles. The molecule has 0 saturated carbocycles. The van der Waals surface area contributed by atoms with Gasteiger partial charge in [0, 0.05) is 19.2 Å². The van der Waals surface area contributed by atoms with E-state index in [1.807, 2.05) is 0 Å². The molecule has 1 aromatic rings. The minimum Gasteiger partial charge on any atom is -0.410 e. The smallest absolute Gasteiger partial charge is 0.409 e. The molecule has 1 amide bonds. The van der Waals surface area contributed by atoms with Gasteiger partial charge in [0.15, 0.2) is 0 Å². The quantitative estimate of drug-likeness (QED) is 0.676. The van der Waals surface area contributed by atoms with Crippen LogP contribution in [0, 0.1) is 0 Å². The number of amides is 1. The van der Waals surface area contributed by atoms with Crippen LogP contribution in [0.5, 0.6) is 5.75 Å². The van der Waals surface area contributed by atoms with E-state index in [2.05, 4.69) is 5.32 Å². The first kappa shape index (κ1) is 11.5. The van der Waals surface area contributed by atoms with Gasteiger partial charge in [-0.05, 0) is 18.6 Å². The summed E-state index contributed by atoms with van der Waals surface area (Å²) in [6.07, 6.45) is 0.433. The lowest BCUT2D eigenvalue weighted by Crippen LogP contribution is -2.33. The Kier molecular flexibility index (Phi) is 3.34. The summed E-state index contributed by atoms with van der Waals surface area (Å²) in [4.78, 5) is 10.6. The monoisotopic (exact) mass is 237 g/mol. The van der Waals surface area contributed by atoms with Crippen LogP contribution in [0.15, 0.2) is 18.2 Å². The molecule has 1 unspecified atom stereocenters. The second-order valence-electron chi connectivity index (χ2n) is 3.83. The zero-order chi connectivity index (χ0) is 12.3. The zero-order valence-electron chi connectivity index (χ0n) is 9.31. The maximum Gasteiger partial charge on any atom is 0.409 e. The predicted octanol–water partition coefficient (Wildman–Crippen LogP) is 0.927. The van der Waals surface area contributed by atoms with Gasteiger partial charge < -0.3 is 26.3 Å². The summed E-state index contributed by atoms with van der Waals surface area (Å²) in [7, 11) is 0. The van der Waals surface area contributed by atoms with Crippen molar-refractivity contribution in [3.8, 4) is 5.75 Å². The van der Waals surface area contributed by atoms with E-state index in [0.717, 1.165) is 13.0 Å². The summed E-state index contributed by atoms with van der Waals surface area (Å²) < 4.78 is 10.0. The molecule has 0 radical (unpaired) electrons. The van der Waals surface area contributed by atoms with Crippen LogP contribution in [0.1, 0.15) is 6.42 Å². The third-order valence-electron chi connectivity index (χ3n) is 2.56. The molecule has 1 atom stereocenters. The van der Waals surface area contributed by atoms with E-state index in [4.69, 9.17) is 20.9 Å². The van der Waals surface area contributed by atoms with Crippen LogP contribution >= 0.6 is 0 Å². The topological polar surface area (TPSA) is 99.6 Å². The molecule has 1 aliphatic heterocycles. The molecule has 5 N–H and O–H groups in total. The summed E-state index contributed by atoms with van der Waals surface area (Å²) in [5, 5.41) is 3.15. The Morgan fingerprint density at radius 1 is 1.59 bits per heavy atom. The van der Waals surface area contributed by atoms with Crippen molar-refractivity contribution in [2.45, 2.75) is 12.5 Å². The normalized spacial score (nSPS) is 18.2. The zero-order valence-corrected chi connectivity index (χ0v) is 9.31. The van der Waals surface area contributed by atoms with E-state index in [1.165, 1.54) is 0 Å². The molecule has 0 spiro atoms. The highest BCUT2D eigenvalue weighted by Gasteiger charge is 2.17. The van der Waals surface area contributed by atoms with Crippen LogP contribution in [0.25, 0.3) is 0 Å². The first-order chi connectivity index (χ1) is 8.15. The first-order valence-electron chi connectivity index (χ1n) is 5.37. The standard InChI is InChI=1S/C11H15N3O3/c12-9-2-1-7(17-11(13)15)5-10(9)14-6-8-3-4-16-8/h1-2,5,8,14H,3-4,6,12H2,(H2,13,15). The number of benzene rings is 1. The third-order valence-corrected chi connectivity index (χ3v) is 2.56. The molecule has 1 heterocycles. The molecule has 6 nitrogen and oxygen atoms in total. The number of hydrogen-bond donors (Lipinski definition) is 3. The van der Waals surface area contributed by atoms with Crippen molar-refractivity contribution in [1.29, 1.82) is 0 Å². The van der Waals surface area contributed by atoms with Crippen molar-refractivity contribution in [3.05, 3.63) is 18.2 Å². The van der Waals surface area contributed by atoms with Crippen LogP contribution in [-0.4, -0.2) is 25.3 Å². The Morgan fingerprint density at radius 2 is 2.35 bits per heavy atom. The van der Waals surface area contributed by atoms with Crippen LogP contribution in [-0.2, 0) is 4.74 Å². The highest BCUT2D eigenvalue weighted by Crippen LogP contribution is 2.25. The van der Waals surface area contributed by atoms with Crippen LogP contribution in [0.4, 0.5) is 16.2 Å². The van der Waals surface area contributed by atoms with Crippen LogP contribution in [0.3, 0.4) is 0 Å². The Balaban J connectivity index is 2.00. The number of nitrogens with two attached hydrogens (primary N) is 2. The van der Waals surface area contributed by atoms with E-state index < -0.39 is 6.09 Å². The maximum atomic E-state index is 10.6. The number of nitrogens with one attached hydrogen (secondary N) is 1. The van der Waals surface area contributed by atoms with E-state index in [0.29, 0.717) is 23.7 Å². The largest absolute Gasteiger partial charge is 0.410 e. The first-order valence-corrected chi connectivity index (χ1v) is 5.37. The van der Waals surface area contributed by atoms with Crippen molar-refractivity contribution in [1.82, 2.24) is 0 Å². The highest BCUT2D eigenvalue weighted by atomic mass is 16.5. The van der Waals surface area contributed by atoms with Gasteiger partial charge in [0.25, 0.3) is 0 Å². The minimum absolute atomic E-state index is 0.232. The second-order valence-corrected chi connectivity index (χ2v) is 3.83. The van der Waals surface area contributed by atoms with Gasteiger partial charge in [-0.15, -0.1) is 0 Å². The van der Waals surface area contributed by atoms with Gasteiger partial charge in [-0.3, -0.25) is 0 Å². The van der Waals surface area contributed by atoms with E-state index in [9.17, 15) is 4.79 Å². The maximum absolute atomic E-state index is 10.6. The van der Waals surface area contributed by atoms with Gasteiger partial charge in [0.1, 0.15) is 5.75 Å². The summed E-state index contributed by atoms with van der Waals surface area (Å²) >= 11 is 0. The summed E-state index contributed by atoms with van der Waals surface area (Å²) in [6.45, 7) is 1.50. The van der Waals surface area contributed by atoms with Crippen molar-refractivity contribution < 1.29 is 14.3 Å². The Hall–Kier alpha value is -1.95. The lowest BCUT2D eigenvalue weighted by molar-refractivity contribution is -0.0410. The minimum atomic E-state index is -0.844. The summed E-state index contributed by atoms with van der Waals surface area (Å²) in [6, 6.07) is 4.88. The Bertz CT molecular complexity index is 418. The molecule has 17 heavy (non-hydrogen) atoms. The van der Waals surface area contributed by atoms with Crippen molar-refractivity contribution in [2.75, 3.05) is 24.2 Å². The molecule has 0 aromatic heterocycles. The van der Waals surface area contributed by atoms with Gasteiger partial charge in [-0.2, -0.15) is 0 Å². The fourth-order valence-corrected chi connectivity index (χ4v) is 1.54. The number of ether oxygens (including phenoxy) is 2. The number of rotatable bonds is 4. The van der Waals surface area contributed by atoms with Gasteiger partial charge in [-0.25, -0.2) is 4.79 Å². The second kappa shape index (κ2) is 4.92. The number of primary amides is 1.